The Bertz CT molecular complexity index is 6860. The zero-order chi connectivity index (χ0) is 99.7. The van der Waals surface area contributed by atoms with Gasteiger partial charge in [-0.1, -0.05) is 91.0 Å². The van der Waals surface area contributed by atoms with Crippen molar-refractivity contribution in [1.29, 1.82) is 0 Å². The molecule has 0 aliphatic carbocycles. The summed E-state index contributed by atoms with van der Waals surface area (Å²) in [5.74, 6) is -6.64. The number of phenols is 7. The van der Waals surface area contributed by atoms with Gasteiger partial charge in [0, 0.05) is 54.3 Å². The first-order valence-corrected chi connectivity index (χ1v) is 38.8. The summed E-state index contributed by atoms with van der Waals surface area (Å²) in [4.78, 5) is 181. The molecule has 13 N–H and O–H groups in total. The number of rotatable bonds is 24. The number of carbonyl (C=O) groups excluding carboxylic acids is 10. The van der Waals surface area contributed by atoms with Crippen molar-refractivity contribution >= 4 is 96.8 Å². The maximum Gasteiger partial charge on any atom is 0.337 e. The van der Waals surface area contributed by atoms with Crippen LogP contribution >= 0.6 is 0 Å². The van der Waals surface area contributed by atoms with Crippen LogP contribution in [0.2, 0.25) is 0 Å². The van der Waals surface area contributed by atoms with Crippen molar-refractivity contribution in [2.45, 2.75) is 0 Å². The predicted octanol–water partition coefficient (Wildman–Crippen LogP) is 16.0. The van der Waals surface area contributed by atoms with Gasteiger partial charge in [0.25, 0.3) is 5.91 Å². The van der Waals surface area contributed by atoms with Crippen molar-refractivity contribution in [3.8, 4) is 124 Å². The molecule has 136 heavy (non-hydrogen) atoms. The SMILES string of the molecule is CNC(=O)c1cccc(-c2ccc(O)c(C=O)c2)c1.COC(=O)c1ccc(-c2cc(C=O)c(O)c([N+](=O)[O-])c2)cc1.COc1ccc(-c2cncnc2)c(C=O)c1O.NC(=O)c1cccc(-c2ccc(O)c(C=O)c2)c1.O=Cc1cc(-c2ccc(C(=O)O)cc2)cc([N+](=O)[O-])c1O.O=Cc1cc(-c2cccc(C(=O)O)c2)cc([N+](=O)[O-])c1O.O=Cc1cc(-c2cccc(C(=O)O)c2)ccc1O. The lowest BCUT2D eigenvalue weighted by molar-refractivity contribution is -0.386. The van der Waals surface area contributed by atoms with Crippen molar-refractivity contribution < 1.29 is 138 Å². The number of carboxylic acid groups (broad SMARTS) is 3. The molecule has 13 aromatic carbocycles. The number of hydrogen-bond acceptors (Lipinski definition) is 30. The first kappa shape index (κ1) is 101. The van der Waals surface area contributed by atoms with Gasteiger partial charge in [0.15, 0.2) is 55.5 Å². The number of benzene rings is 13. The molecular weight excluding hydrogens is 1770 g/mol. The Labute approximate surface area is 767 Å². The average molecular weight is 1840 g/mol. The molecule has 0 aliphatic rings. The van der Waals surface area contributed by atoms with Gasteiger partial charge in [-0.15, -0.1) is 0 Å². The summed E-state index contributed by atoms with van der Waals surface area (Å²) in [6.07, 6.45) is 7.81. The maximum absolute atomic E-state index is 11.6. The number of carbonyl (C=O) groups is 13. The molecule has 1 heterocycles. The minimum absolute atomic E-state index is 0.0101. The molecule has 1 aromatic heterocycles. The number of aromatic carboxylic acids is 3. The highest BCUT2D eigenvalue weighted by atomic mass is 16.6. The molecule has 38 heteroatoms. The minimum Gasteiger partial charge on any atom is -0.507 e. The molecule has 0 fully saturated rings. The molecule has 14 aromatic rings. The van der Waals surface area contributed by atoms with Crippen molar-refractivity contribution in [2.24, 2.45) is 5.73 Å². The molecule has 0 spiro atoms. The van der Waals surface area contributed by atoms with Crippen LogP contribution in [0.15, 0.2) is 267 Å². The van der Waals surface area contributed by atoms with Gasteiger partial charge in [-0.05, 0) is 212 Å². The number of amides is 2. The second kappa shape index (κ2) is 47.7. The second-order valence-electron chi connectivity index (χ2n) is 27.7. The smallest absolute Gasteiger partial charge is 0.337 e. The monoisotopic (exact) mass is 1840 g/mol. The van der Waals surface area contributed by atoms with Gasteiger partial charge in [-0.3, -0.25) is 73.5 Å². The lowest BCUT2D eigenvalue weighted by Gasteiger charge is -2.09. The van der Waals surface area contributed by atoms with Gasteiger partial charge in [0.2, 0.25) is 23.2 Å². The maximum atomic E-state index is 11.6. The fraction of sp³-hybridized carbons (Fsp3) is 0.0306. The van der Waals surface area contributed by atoms with Crippen molar-refractivity contribution in [3.05, 3.63) is 370 Å². The highest BCUT2D eigenvalue weighted by molar-refractivity contribution is 5.99. The summed E-state index contributed by atoms with van der Waals surface area (Å²) in [6.45, 7) is 0. The van der Waals surface area contributed by atoms with Crippen LogP contribution in [0.1, 0.15) is 135 Å². The van der Waals surface area contributed by atoms with Crippen molar-refractivity contribution in [1.82, 2.24) is 15.3 Å². The molecule has 686 valence electrons. The first-order chi connectivity index (χ1) is 65.0. The van der Waals surface area contributed by atoms with Crippen molar-refractivity contribution in [2.75, 3.05) is 21.3 Å². The summed E-state index contributed by atoms with van der Waals surface area (Å²) in [7, 11) is 4.25. The number of nitro groups is 3. The van der Waals surface area contributed by atoms with E-state index in [0.29, 0.717) is 111 Å². The van der Waals surface area contributed by atoms with E-state index in [-0.39, 0.29) is 95.9 Å². The number of nitrogens with one attached hydrogen (secondary N) is 1. The molecule has 0 radical (unpaired) electrons. The fourth-order valence-electron chi connectivity index (χ4n) is 12.4. The number of nitrogens with two attached hydrogens (primary N) is 1. The summed E-state index contributed by atoms with van der Waals surface area (Å²) < 4.78 is 9.52. The Balaban J connectivity index is 0.000000195. The van der Waals surface area contributed by atoms with Crippen LogP contribution in [0.4, 0.5) is 17.1 Å². The number of carboxylic acids is 3. The van der Waals surface area contributed by atoms with E-state index in [1.165, 1.54) is 130 Å². The molecule has 0 atom stereocenters. The molecule has 38 nitrogen and oxygen atoms in total. The van der Waals surface area contributed by atoms with Gasteiger partial charge in [-0.2, -0.15) is 0 Å². The van der Waals surface area contributed by atoms with Gasteiger partial charge in [0.1, 0.15) is 23.6 Å². The summed E-state index contributed by atoms with van der Waals surface area (Å²) in [5, 5.41) is 129. The normalized spacial score (nSPS) is 10.0. The number of aldehydes is 7. The minimum atomic E-state index is -1.14. The Kier molecular flexibility index (Phi) is 35.6. The summed E-state index contributed by atoms with van der Waals surface area (Å²) >= 11 is 0. The number of esters is 1. The second-order valence-corrected chi connectivity index (χ2v) is 27.7. The fourth-order valence-corrected chi connectivity index (χ4v) is 12.4. The number of aromatic hydroxyl groups is 7. The van der Waals surface area contributed by atoms with Crippen LogP contribution in [0.5, 0.6) is 46.0 Å². The number of hydrogen-bond donors (Lipinski definition) is 12. The van der Waals surface area contributed by atoms with E-state index in [1.807, 2.05) is 6.07 Å². The number of nitrogens with zero attached hydrogens (tertiary/aromatic N) is 5. The zero-order valence-corrected chi connectivity index (χ0v) is 70.8. The van der Waals surface area contributed by atoms with Gasteiger partial charge in [0.05, 0.1) is 90.2 Å². The lowest BCUT2D eigenvalue weighted by Crippen LogP contribution is -2.17. The quantitative estimate of drug-likeness (QED) is 0.0116. The molecule has 0 unspecified atom stereocenters. The van der Waals surface area contributed by atoms with E-state index < -0.39 is 78.9 Å². The third-order valence-electron chi connectivity index (χ3n) is 19.3. The number of aromatic nitrogens is 2. The highest BCUT2D eigenvalue weighted by Crippen LogP contribution is 2.40. The van der Waals surface area contributed by atoms with Crippen LogP contribution in [0, 0.1) is 30.3 Å². The number of methoxy groups -OCH3 is 2. The Morgan fingerprint density at radius 3 is 0.971 bits per heavy atom. The van der Waals surface area contributed by atoms with Crippen molar-refractivity contribution in [3.63, 3.8) is 0 Å². The molecule has 0 bridgehead atoms. The summed E-state index contributed by atoms with van der Waals surface area (Å²) in [5.41, 5.74) is 13.2. The Morgan fingerprint density at radius 2 is 0.647 bits per heavy atom. The van der Waals surface area contributed by atoms with Crippen LogP contribution in [0.25, 0.3) is 77.9 Å². The molecule has 14 rings (SSSR count). The third-order valence-corrected chi connectivity index (χ3v) is 19.3. The average Bonchev–Trinajstić information content (AvgIpc) is 0.878. The van der Waals surface area contributed by atoms with E-state index in [0.717, 1.165) is 40.5 Å². The topological polar surface area (TPSA) is 636 Å². The highest BCUT2D eigenvalue weighted by Gasteiger charge is 2.25. The van der Waals surface area contributed by atoms with Gasteiger partial charge < -0.3 is 71.6 Å². The first-order valence-electron chi connectivity index (χ1n) is 38.8. The molecule has 0 saturated carbocycles. The number of nitro benzene ring substituents is 3. The van der Waals surface area contributed by atoms with Crippen LogP contribution in [-0.4, -0.2) is 177 Å². The Morgan fingerprint density at radius 1 is 0.338 bits per heavy atom. The predicted molar refractivity (Wildman–Crippen MR) is 489 cm³/mol. The number of primary amides is 1. The van der Waals surface area contributed by atoms with Crippen LogP contribution < -0.4 is 15.8 Å². The number of phenolic OH excluding ortho intramolecular Hbond substituents is 7. The largest absolute Gasteiger partial charge is 0.507 e. The standard InChI is InChI=1S/C15H11NO6.C15H13NO3.2C14H9NO6.C14H11NO3.C14H10O4.C12H10N2O3/c1-22-15(19)10-4-2-9(3-5-10)11-6-12(8-17)14(18)13(7-11)16(20)21;1-16-15(19)12-4-2-3-10(7-12)11-5-6-14(18)13(8-11)9-17;16-7-11-5-10(6-12(13(11)17)15(20)21)8-1-3-9(4-2-8)14(18)19;16-7-11-5-10(6-12(13(11)17)15(20)21)8-2-1-3-9(4-8)14(18)19;15-14(18)11-3-1-2-9(6-11)10-4-5-13(17)12(7-10)8-16;15-8-12-7-10(4-5-13(12)16)9-2-1-3-11(6-9)14(17)18;1-17-11-3-2-9(10(6-15)12(11)16)8-4-13-7-14-5-8/h2-8,18H,1H3;2-9,18H,1H3,(H,16,19);2*1-7,17H,(H,18,19);1-8,17H,(H2,15,18);1-8,16H,(H,17,18);2-7,16H,1H3. The molecule has 2 amide bonds. The third kappa shape index (κ3) is 26.2. The zero-order valence-electron chi connectivity index (χ0n) is 70.8. The molecular formula is C98H73N7O31. The van der Waals surface area contributed by atoms with Crippen LogP contribution in [0.3, 0.4) is 0 Å². The Hall–Kier alpha value is -19.9. The molecule has 0 aliphatic heterocycles. The summed E-state index contributed by atoms with van der Waals surface area (Å²) in [6, 6.07) is 62.2. The van der Waals surface area contributed by atoms with E-state index in [9.17, 15) is 128 Å². The van der Waals surface area contributed by atoms with Gasteiger partial charge >= 0.3 is 40.9 Å². The van der Waals surface area contributed by atoms with E-state index >= 15 is 0 Å². The molecule has 0 saturated heterocycles. The van der Waals surface area contributed by atoms with E-state index in [1.54, 1.807) is 135 Å². The lowest BCUT2D eigenvalue weighted by atomic mass is 10.00. The van der Waals surface area contributed by atoms with E-state index in [2.05, 4.69) is 20.0 Å². The van der Waals surface area contributed by atoms with Gasteiger partial charge in [-0.25, -0.2) is 29.1 Å². The van der Waals surface area contributed by atoms with Crippen LogP contribution in [-0.2, 0) is 4.74 Å². The van der Waals surface area contributed by atoms with E-state index in [4.69, 9.17) is 25.8 Å². The number of ether oxygens (including phenoxy) is 2.